The van der Waals surface area contributed by atoms with E-state index in [0.29, 0.717) is 0 Å². The van der Waals surface area contributed by atoms with Gasteiger partial charge in [-0.05, 0) is 48.9 Å². The van der Waals surface area contributed by atoms with Gasteiger partial charge in [0.2, 0.25) is 0 Å². The number of nitrogens with one attached hydrogen (secondary N) is 2. The fraction of sp³-hybridized carbons (Fsp3) is 0.500. The lowest BCUT2D eigenvalue weighted by atomic mass is 9.70. The topological polar surface area (TPSA) is 27.8 Å². The maximum atomic E-state index is 3.54. The maximum Gasteiger partial charge on any atom is 0.0457 e. The van der Waals surface area contributed by atoms with Crippen LogP contribution in [0.25, 0.3) is 10.9 Å². The molecule has 0 bridgehead atoms. The molecule has 1 aliphatic heterocycles. The fourth-order valence-corrected chi connectivity index (χ4v) is 3.29. The first-order valence-electron chi connectivity index (χ1n) is 6.97. The van der Waals surface area contributed by atoms with E-state index in [1.807, 2.05) is 0 Å². The van der Waals surface area contributed by atoms with Crippen LogP contribution in [0.5, 0.6) is 0 Å². The molecular formula is C16H22N2. The number of para-hydroxylation sites is 1. The molecule has 1 aliphatic rings. The van der Waals surface area contributed by atoms with Crippen LogP contribution in [-0.4, -0.2) is 18.1 Å². The van der Waals surface area contributed by atoms with E-state index in [2.05, 4.69) is 54.6 Å². The summed E-state index contributed by atoms with van der Waals surface area (Å²) in [4.78, 5) is 3.41. The minimum Gasteiger partial charge on any atom is -0.361 e. The number of fused-ring (bicyclic) bond motifs is 1. The standard InChI is InChI=1S/C16H22N2/c1-16(2,12-6-5-9-17-10-12)14-11-18-15-8-4-3-7-13(14)15/h3-4,7-8,11-12,17-18H,5-6,9-10H2,1-2H3/t12-/m0/s1. The van der Waals surface area contributed by atoms with Crippen LogP contribution in [0.4, 0.5) is 0 Å². The van der Waals surface area contributed by atoms with Crippen molar-refractivity contribution < 1.29 is 0 Å². The zero-order valence-corrected chi connectivity index (χ0v) is 11.3. The molecule has 0 amide bonds. The number of piperidine rings is 1. The van der Waals surface area contributed by atoms with Crippen LogP contribution in [-0.2, 0) is 5.41 Å². The van der Waals surface area contributed by atoms with Gasteiger partial charge >= 0.3 is 0 Å². The summed E-state index contributed by atoms with van der Waals surface area (Å²) in [5.41, 5.74) is 2.95. The number of hydrogen-bond donors (Lipinski definition) is 2. The van der Waals surface area contributed by atoms with Gasteiger partial charge < -0.3 is 10.3 Å². The van der Waals surface area contributed by atoms with E-state index in [4.69, 9.17) is 0 Å². The van der Waals surface area contributed by atoms with E-state index in [-0.39, 0.29) is 5.41 Å². The van der Waals surface area contributed by atoms with Crippen LogP contribution in [0.2, 0.25) is 0 Å². The van der Waals surface area contributed by atoms with Crippen molar-refractivity contribution in [1.29, 1.82) is 0 Å². The molecular weight excluding hydrogens is 220 g/mol. The van der Waals surface area contributed by atoms with Crippen LogP contribution in [0, 0.1) is 5.92 Å². The quantitative estimate of drug-likeness (QED) is 0.829. The van der Waals surface area contributed by atoms with Gasteiger partial charge in [0.15, 0.2) is 0 Å². The number of rotatable bonds is 2. The molecule has 2 N–H and O–H groups in total. The number of aromatic amines is 1. The second-order valence-electron chi connectivity index (χ2n) is 6.01. The average Bonchev–Trinajstić information content (AvgIpc) is 2.84. The van der Waals surface area contributed by atoms with Gasteiger partial charge in [-0.25, -0.2) is 0 Å². The van der Waals surface area contributed by atoms with Crippen molar-refractivity contribution in [2.45, 2.75) is 32.1 Å². The molecule has 2 heterocycles. The van der Waals surface area contributed by atoms with E-state index in [1.54, 1.807) is 0 Å². The molecule has 3 rings (SSSR count). The minimum absolute atomic E-state index is 0.229. The predicted octanol–water partition coefficient (Wildman–Crippen LogP) is 3.45. The monoisotopic (exact) mass is 242 g/mol. The van der Waals surface area contributed by atoms with E-state index in [9.17, 15) is 0 Å². The van der Waals surface area contributed by atoms with Gasteiger partial charge in [-0.3, -0.25) is 0 Å². The highest BCUT2D eigenvalue weighted by atomic mass is 14.9. The third kappa shape index (κ3) is 1.85. The first kappa shape index (κ1) is 11.8. The molecule has 1 aromatic carbocycles. The summed E-state index contributed by atoms with van der Waals surface area (Å²) in [6.07, 6.45) is 4.84. The second kappa shape index (κ2) is 4.43. The van der Waals surface area contributed by atoms with Gasteiger partial charge in [0.1, 0.15) is 0 Å². The van der Waals surface area contributed by atoms with Gasteiger partial charge in [0, 0.05) is 17.1 Å². The van der Waals surface area contributed by atoms with Crippen molar-refractivity contribution >= 4 is 10.9 Å². The van der Waals surface area contributed by atoms with Crippen molar-refractivity contribution in [3.05, 3.63) is 36.0 Å². The van der Waals surface area contributed by atoms with Crippen LogP contribution in [0.3, 0.4) is 0 Å². The Morgan fingerprint density at radius 1 is 1.22 bits per heavy atom. The van der Waals surface area contributed by atoms with Crippen molar-refractivity contribution in [3.8, 4) is 0 Å². The molecule has 1 aromatic heterocycles. The summed E-state index contributed by atoms with van der Waals surface area (Å²) in [6, 6.07) is 8.62. The molecule has 1 fully saturated rings. The van der Waals surface area contributed by atoms with Crippen molar-refractivity contribution in [3.63, 3.8) is 0 Å². The number of aromatic nitrogens is 1. The summed E-state index contributed by atoms with van der Waals surface area (Å²) < 4.78 is 0. The predicted molar refractivity (Wildman–Crippen MR) is 76.9 cm³/mol. The smallest absolute Gasteiger partial charge is 0.0457 e. The van der Waals surface area contributed by atoms with Gasteiger partial charge in [-0.1, -0.05) is 32.0 Å². The summed E-state index contributed by atoms with van der Waals surface area (Å²) in [6.45, 7) is 7.10. The first-order valence-corrected chi connectivity index (χ1v) is 6.97. The Kier molecular flexibility index (Phi) is 2.90. The second-order valence-corrected chi connectivity index (χ2v) is 6.01. The van der Waals surface area contributed by atoms with Crippen molar-refractivity contribution in [1.82, 2.24) is 10.3 Å². The molecule has 18 heavy (non-hydrogen) atoms. The summed E-state index contributed by atoms with van der Waals surface area (Å²) in [7, 11) is 0. The fourth-order valence-electron chi connectivity index (χ4n) is 3.29. The van der Waals surface area contributed by atoms with E-state index in [1.165, 1.54) is 35.9 Å². The lowest BCUT2D eigenvalue weighted by Gasteiger charge is -2.37. The third-order valence-corrected chi connectivity index (χ3v) is 4.60. The van der Waals surface area contributed by atoms with Crippen LogP contribution in [0.15, 0.2) is 30.5 Å². The Morgan fingerprint density at radius 2 is 2.06 bits per heavy atom. The Bertz CT molecular complexity index is 533. The van der Waals surface area contributed by atoms with E-state index < -0.39 is 0 Å². The Hall–Kier alpha value is -1.28. The summed E-state index contributed by atoms with van der Waals surface area (Å²) >= 11 is 0. The Morgan fingerprint density at radius 3 is 2.83 bits per heavy atom. The highest BCUT2D eigenvalue weighted by molar-refractivity contribution is 5.84. The lowest BCUT2D eigenvalue weighted by molar-refractivity contribution is 0.253. The molecule has 0 unspecified atom stereocenters. The maximum absolute atomic E-state index is 3.54. The molecule has 2 aromatic rings. The van der Waals surface area contributed by atoms with Gasteiger partial charge in [-0.15, -0.1) is 0 Å². The zero-order chi connectivity index (χ0) is 12.6. The highest BCUT2D eigenvalue weighted by Gasteiger charge is 2.33. The largest absolute Gasteiger partial charge is 0.361 e. The third-order valence-electron chi connectivity index (χ3n) is 4.60. The van der Waals surface area contributed by atoms with Gasteiger partial charge in [0.25, 0.3) is 0 Å². The zero-order valence-electron chi connectivity index (χ0n) is 11.3. The van der Waals surface area contributed by atoms with Crippen LogP contribution in [0.1, 0.15) is 32.3 Å². The molecule has 1 saturated heterocycles. The molecule has 0 spiro atoms. The minimum atomic E-state index is 0.229. The molecule has 96 valence electrons. The van der Waals surface area contributed by atoms with E-state index in [0.717, 1.165) is 12.5 Å². The number of hydrogen-bond acceptors (Lipinski definition) is 1. The Balaban J connectivity index is 2.01. The molecule has 0 aliphatic carbocycles. The number of H-pyrrole nitrogens is 1. The number of benzene rings is 1. The molecule has 0 saturated carbocycles. The average molecular weight is 242 g/mol. The van der Waals surface area contributed by atoms with Gasteiger partial charge in [-0.2, -0.15) is 0 Å². The molecule has 0 radical (unpaired) electrons. The Labute approximate surface area is 109 Å². The van der Waals surface area contributed by atoms with Crippen LogP contribution >= 0.6 is 0 Å². The molecule has 2 heteroatoms. The molecule has 1 atom stereocenters. The summed E-state index contributed by atoms with van der Waals surface area (Å²) in [5.74, 6) is 0.727. The lowest BCUT2D eigenvalue weighted by Crippen LogP contribution is -2.40. The summed E-state index contributed by atoms with van der Waals surface area (Å²) in [5, 5.41) is 4.92. The molecule has 2 nitrogen and oxygen atoms in total. The van der Waals surface area contributed by atoms with E-state index >= 15 is 0 Å². The first-order chi connectivity index (χ1) is 8.69. The van der Waals surface area contributed by atoms with Crippen LogP contribution < -0.4 is 5.32 Å². The van der Waals surface area contributed by atoms with Crippen molar-refractivity contribution in [2.24, 2.45) is 5.92 Å². The SMILES string of the molecule is CC(C)(c1c[nH]c2ccccc12)[C@H]1CCCNC1. The highest BCUT2D eigenvalue weighted by Crippen LogP contribution is 2.38. The van der Waals surface area contributed by atoms with Gasteiger partial charge in [0.05, 0.1) is 0 Å². The normalized spacial score (nSPS) is 21.3. The van der Waals surface area contributed by atoms with Crippen molar-refractivity contribution in [2.75, 3.05) is 13.1 Å².